The summed E-state index contributed by atoms with van der Waals surface area (Å²) in [7, 11) is 3.97. The number of rotatable bonds is 4. The number of hydrogen-bond acceptors (Lipinski definition) is 3. The molecule has 1 heterocycles. The van der Waals surface area contributed by atoms with E-state index in [-0.39, 0.29) is 11.5 Å². The van der Waals surface area contributed by atoms with Gasteiger partial charge in [0.05, 0.1) is 12.0 Å². The Labute approximate surface area is 147 Å². The quantitative estimate of drug-likeness (QED) is 0.931. The minimum Gasteiger partial charge on any atom is -0.478 e. The molecule has 1 N–H and O–H groups in total. The van der Waals surface area contributed by atoms with Crippen molar-refractivity contribution < 1.29 is 14.7 Å². The van der Waals surface area contributed by atoms with E-state index in [0.29, 0.717) is 19.5 Å². The molecule has 0 saturated carbocycles. The minimum absolute atomic E-state index is 0.0731. The summed E-state index contributed by atoms with van der Waals surface area (Å²) < 4.78 is 0. The highest BCUT2D eigenvalue weighted by molar-refractivity contribution is 5.88. The van der Waals surface area contributed by atoms with Crippen LogP contribution in [0, 0.1) is 0 Å². The van der Waals surface area contributed by atoms with Gasteiger partial charge in [-0.05, 0) is 47.4 Å². The van der Waals surface area contributed by atoms with Crippen molar-refractivity contribution in [1.82, 2.24) is 4.90 Å². The molecule has 0 fully saturated rings. The molecule has 0 atom stereocenters. The zero-order valence-corrected chi connectivity index (χ0v) is 14.5. The normalized spacial score (nSPS) is 13.3. The van der Waals surface area contributed by atoms with Crippen LogP contribution in [-0.4, -0.2) is 42.5 Å². The molecule has 0 aliphatic carbocycles. The van der Waals surface area contributed by atoms with Crippen molar-refractivity contribution in [2.24, 2.45) is 0 Å². The SMILES string of the molecule is CN(C)c1ccc(CC(=O)N2CCc3ccc(C(=O)O)cc3C2)cc1. The van der Waals surface area contributed by atoms with Gasteiger partial charge in [-0.1, -0.05) is 18.2 Å². The Balaban J connectivity index is 1.69. The third kappa shape index (κ3) is 3.82. The van der Waals surface area contributed by atoms with E-state index in [1.807, 2.05) is 54.2 Å². The number of carboxylic acids is 1. The number of carboxylic acid groups (broad SMARTS) is 1. The molecule has 3 rings (SSSR count). The first-order valence-corrected chi connectivity index (χ1v) is 8.33. The first-order valence-electron chi connectivity index (χ1n) is 8.33. The standard InChI is InChI=1S/C20H22N2O3/c1-21(2)18-7-3-14(4-8-18)11-19(23)22-10-9-15-5-6-16(20(24)25)12-17(15)13-22/h3-8,12H,9-11,13H2,1-2H3,(H,24,25). The van der Waals surface area contributed by atoms with Crippen molar-refractivity contribution in [3.8, 4) is 0 Å². The summed E-state index contributed by atoms with van der Waals surface area (Å²) in [4.78, 5) is 27.6. The Hall–Kier alpha value is -2.82. The van der Waals surface area contributed by atoms with E-state index in [2.05, 4.69) is 0 Å². The molecular formula is C20H22N2O3. The van der Waals surface area contributed by atoms with Gasteiger partial charge in [0, 0.05) is 32.9 Å². The molecule has 0 aromatic heterocycles. The van der Waals surface area contributed by atoms with Crippen LogP contribution >= 0.6 is 0 Å². The molecule has 130 valence electrons. The van der Waals surface area contributed by atoms with Crippen molar-refractivity contribution in [3.63, 3.8) is 0 Å². The van der Waals surface area contributed by atoms with Crippen LogP contribution in [0.2, 0.25) is 0 Å². The fourth-order valence-corrected chi connectivity index (χ4v) is 3.10. The largest absolute Gasteiger partial charge is 0.478 e. The Bertz CT molecular complexity index is 797. The number of amides is 1. The van der Waals surface area contributed by atoms with Gasteiger partial charge in [-0.25, -0.2) is 4.79 Å². The van der Waals surface area contributed by atoms with Gasteiger partial charge in [0.25, 0.3) is 0 Å². The number of anilines is 1. The number of hydrogen-bond donors (Lipinski definition) is 1. The fraction of sp³-hybridized carbons (Fsp3) is 0.300. The molecule has 0 radical (unpaired) electrons. The average molecular weight is 338 g/mol. The molecule has 0 saturated heterocycles. The van der Waals surface area contributed by atoms with E-state index < -0.39 is 5.97 Å². The molecule has 2 aromatic rings. The van der Waals surface area contributed by atoms with Crippen LogP contribution in [0.15, 0.2) is 42.5 Å². The summed E-state index contributed by atoms with van der Waals surface area (Å²) in [5, 5.41) is 9.13. The zero-order valence-electron chi connectivity index (χ0n) is 14.5. The maximum absolute atomic E-state index is 12.6. The maximum Gasteiger partial charge on any atom is 0.335 e. The first kappa shape index (κ1) is 17.0. The van der Waals surface area contributed by atoms with E-state index in [4.69, 9.17) is 5.11 Å². The average Bonchev–Trinajstić information content (AvgIpc) is 2.61. The fourth-order valence-electron chi connectivity index (χ4n) is 3.10. The van der Waals surface area contributed by atoms with Crippen LogP contribution < -0.4 is 4.90 Å². The molecule has 5 nitrogen and oxygen atoms in total. The van der Waals surface area contributed by atoms with Crippen molar-refractivity contribution in [3.05, 3.63) is 64.7 Å². The van der Waals surface area contributed by atoms with E-state index in [1.165, 1.54) is 0 Å². The second kappa shape index (κ2) is 6.97. The molecule has 1 amide bonds. The number of carbonyl (C=O) groups is 2. The summed E-state index contributed by atoms with van der Waals surface area (Å²) >= 11 is 0. The number of fused-ring (bicyclic) bond motifs is 1. The van der Waals surface area contributed by atoms with Crippen molar-refractivity contribution in [2.75, 3.05) is 25.5 Å². The predicted octanol–water partition coefficient (Wildman–Crippen LogP) is 2.58. The molecule has 1 aliphatic heterocycles. The number of nitrogens with zero attached hydrogens (tertiary/aromatic N) is 2. The lowest BCUT2D eigenvalue weighted by Crippen LogP contribution is -2.37. The van der Waals surface area contributed by atoms with Gasteiger partial charge >= 0.3 is 5.97 Å². The van der Waals surface area contributed by atoms with E-state index in [1.54, 1.807) is 12.1 Å². The Morgan fingerprint density at radius 3 is 2.44 bits per heavy atom. The zero-order chi connectivity index (χ0) is 18.0. The minimum atomic E-state index is -0.938. The van der Waals surface area contributed by atoms with E-state index in [0.717, 1.165) is 28.8 Å². The van der Waals surface area contributed by atoms with Gasteiger partial charge in [-0.15, -0.1) is 0 Å². The van der Waals surface area contributed by atoms with Crippen molar-refractivity contribution in [1.29, 1.82) is 0 Å². The lowest BCUT2D eigenvalue weighted by atomic mass is 9.97. The molecule has 2 aromatic carbocycles. The van der Waals surface area contributed by atoms with Crippen LogP contribution in [0.25, 0.3) is 0 Å². The van der Waals surface area contributed by atoms with Gasteiger partial charge in [0.1, 0.15) is 0 Å². The van der Waals surface area contributed by atoms with E-state index in [9.17, 15) is 9.59 Å². The molecular weight excluding hydrogens is 316 g/mol. The third-order valence-electron chi connectivity index (χ3n) is 4.63. The highest BCUT2D eigenvalue weighted by Crippen LogP contribution is 2.22. The third-order valence-corrected chi connectivity index (χ3v) is 4.63. The summed E-state index contributed by atoms with van der Waals surface area (Å²) in [6, 6.07) is 13.1. The Kier molecular flexibility index (Phi) is 4.74. The summed E-state index contributed by atoms with van der Waals surface area (Å²) in [5.74, 6) is -0.865. The van der Waals surface area contributed by atoms with Crippen molar-refractivity contribution >= 4 is 17.6 Å². The van der Waals surface area contributed by atoms with Crippen LogP contribution in [-0.2, 0) is 24.2 Å². The Morgan fingerprint density at radius 2 is 1.80 bits per heavy atom. The smallest absolute Gasteiger partial charge is 0.335 e. The molecule has 0 unspecified atom stereocenters. The maximum atomic E-state index is 12.6. The van der Waals surface area contributed by atoms with Gasteiger partial charge in [-0.2, -0.15) is 0 Å². The van der Waals surface area contributed by atoms with Gasteiger partial charge in [0.2, 0.25) is 5.91 Å². The number of aromatic carboxylic acids is 1. The van der Waals surface area contributed by atoms with Gasteiger partial charge in [0.15, 0.2) is 0 Å². The number of benzene rings is 2. The van der Waals surface area contributed by atoms with Crippen molar-refractivity contribution in [2.45, 2.75) is 19.4 Å². The second-order valence-corrected chi connectivity index (χ2v) is 6.59. The van der Waals surface area contributed by atoms with Crippen LogP contribution in [0.5, 0.6) is 0 Å². The van der Waals surface area contributed by atoms with Crippen LogP contribution in [0.1, 0.15) is 27.0 Å². The van der Waals surface area contributed by atoms with E-state index >= 15 is 0 Å². The molecule has 0 bridgehead atoms. The lowest BCUT2D eigenvalue weighted by molar-refractivity contribution is -0.131. The molecule has 5 heteroatoms. The second-order valence-electron chi connectivity index (χ2n) is 6.59. The van der Waals surface area contributed by atoms with Crippen LogP contribution in [0.3, 0.4) is 0 Å². The molecule has 25 heavy (non-hydrogen) atoms. The summed E-state index contributed by atoms with van der Waals surface area (Å²) in [6.45, 7) is 1.15. The van der Waals surface area contributed by atoms with Crippen LogP contribution in [0.4, 0.5) is 5.69 Å². The summed E-state index contributed by atoms with van der Waals surface area (Å²) in [5.41, 5.74) is 4.42. The monoisotopic (exact) mass is 338 g/mol. The molecule has 0 spiro atoms. The van der Waals surface area contributed by atoms with Gasteiger partial charge < -0.3 is 14.9 Å². The summed E-state index contributed by atoms with van der Waals surface area (Å²) in [6.07, 6.45) is 1.13. The highest BCUT2D eigenvalue weighted by Gasteiger charge is 2.21. The lowest BCUT2D eigenvalue weighted by Gasteiger charge is -2.29. The topological polar surface area (TPSA) is 60.9 Å². The number of carbonyl (C=O) groups excluding carboxylic acids is 1. The Morgan fingerprint density at radius 1 is 1.08 bits per heavy atom. The van der Waals surface area contributed by atoms with Gasteiger partial charge in [-0.3, -0.25) is 4.79 Å². The highest BCUT2D eigenvalue weighted by atomic mass is 16.4. The predicted molar refractivity (Wildman–Crippen MR) is 97.0 cm³/mol. The first-order chi connectivity index (χ1) is 11.9. The molecule has 1 aliphatic rings.